The Morgan fingerprint density at radius 1 is 1.35 bits per heavy atom. The van der Waals surface area contributed by atoms with Gasteiger partial charge in [0.15, 0.2) is 0 Å². The van der Waals surface area contributed by atoms with Crippen molar-refractivity contribution in [3.05, 3.63) is 18.2 Å². The zero-order chi connectivity index (χ0) is 11.7. The van der Waals surface area contributed by atoms with Crippen molar-refractivity contribution in [2.45, 2.75) is 25.7 Å². The molecule has 4 heteroatoms. The van der Waals surface area contributed by atoms with Crippen LogP contribution in [0, 0.1) is 5.92 Å². The molecular formula is C13H17N3O. The van der Waals surface area contributed by atoms with Crippen molar-refractivity contribution in [1.29, 1.82) is 0 Å². The average molecular weight is 231 g/mol. The first-order chi connectivity index (χ1) is 8.31. The first-order valence-corrected chi connectivity index (χ1v) is 6.19. The molecule has 1 aliphatic carbocycles. The van der Waals surface area contributed by atoms with E-state index in [9.17, 15) is 0 Å². The lowest BCUT2D eigenvalue weighted by Crippen LogP contribution is -2.08. The van der Waals surface area contributed by atoms with Crippen LogP contribution in [0.15, 0.2) is 18.2 Å². The highest BCUT2D eigenvalue weighted by atomic mass is 16.5. The van der Waals surface area contributed by atoms with Gasteiger partial charge in [-0.2, -0.15) is 4.98 Å². The summed E-state index contributed by atoms with van der Waals surface area (Å²) in [5.41, 5.74) is 8.30. The molecule has 1 heterocycles. The van der Waals surface area contributed by atoms with E-state index in [0.29, 0.717) is 11.9 Å². The molecule has 1 saturated carbocycles. The number of aromatic nitrogens is 2. The Kier molecular flexibility index (Phi) is 2.63. The van der Waals surface area contributed by atoms with E-state index in [1.54, 1.807) is 0 Å². The molecule has 1 aliphatic rings. The Bertz CT molecular complexity index is 514. The molecule has 2 aromatic rings. The fourth-order valence-electron chi connectivity index (χ4n) is 2.45. The molecule has 0 bridgehead atoms. The summed E-state index contributed by atoms with van der Waals surface area (Å²) in [6, 6.07) is 6.25. The van der Waals surface area contributed by atoms with E-state index in [4.69, 9.17) is 10.5 Å². The molecule has 1 aromatic heterocycles. The van der Waals surface area contributed by atoms with Gasteiger partial charge in [-0.1, -0.05) is 12.8 Å². The number of benzene rings is 1. The number of hydrogen-bond acceptors (Lipinski definition) is 3. The van der Waals surface area contributed by atoms with Crippen LogP contribution in [0.4, 0.5) is 5.69 Å². The van der Waals surface area contributed by atoms with Gasteiger partial charge in [0.25, 0.3) is 6.01 Å². The maximum absolute atomic E-state index is 5.72. The van der Waals surface area contributed by atoms with Gasteiger partial charge in [0.1, 0.15) is 0 Å². The zero-order valence-corrected chi connectivity index (χ0v) is 9.78. The van der Waals surface area contributed by atoms with E-state index < -0.39 is 0 Å². The minimum absolute atomic E-state index is 0.609. The Labute approximate surface area is 100 Å². The van der Waals surface area contributed by atoms with Crippen LogP contribution in [-0.4, -0.2) is 16.6 Å². The van der Waals surface area contributed by atoms with Gasteiger partial charge in [-0.3, -0.25) is 0 Å². The molecule has 3 N–H and O–H groups in total. The highest BCUT2D eigenvalue weighted by Gasteiger charge is 2.16. The van der Waals surface area contributed by atoms with Crippen LogP contribution in [0.2, 0.25) is 0 Å². The van der Waals surface area contributed by atoms with Crippen molar-refractivity contribution >= 4 is 16.7 Å². The van der Waals surface area contributed by atoms with Crippen molar-refractivity contribution in [2.24, 2.45) is 5.92 Å². The summed E-state index contributed by atoms with van der Waals surface area (Å²) in [7, 11) is 0. The molecule has 0 unspecified atom stereocenters. The molecule has 17 heavy (non-hydrogen) atoms. The highest BCUT2D eigenvalue weighted by molar-refractivity contribution is 5.79. The van der Waals surface area contributed by atoms with E-state index in [1.807, 2.05) is 18.2 Å². The van der Waals surface area contributed by atoms with Crippen LogP contribution < -0.4 is 10.5 Å². The second-order valence-corrected chi connectivity index (χ2v) is 4.78. The number of nitrogen functional groups attached to an aromatic ring is 1. The van der Waals surface area contributed by atoms with Crippen molar-refractivity contribution in [3.8, 4) is 6.01 Å². The van der Waals surface area contributed by atoms with E-state index >= 15 is 0 Å². The van der Waals surface area contributed by atoms with E-state index in [0.717, 1.165) is 23.3 Å². The standard InChI is InChI=1S/C13H17N3O/c14-10-5-6-11-12(7-10)16-13(15-11)17-8-9-3-1-2-4-9/h5-7,9H,1-4,8,14H2,(H,15,16). The molecule has 1 fully saturated rings. The van der Waals surface area contributed by atoms with Gasteiger partial charge in [0, 0.05) is 5.69 Å². The Hall–Kier alpha value is -1.71. The summed E-state index contributed by atoms with van der Waals surface area (Å²) < 4.78 is 5.71. The number of fused-ring (bicyclic) bond motifs is 1. The van der Waals surface area contributed by atoms with Crippen LogP contribution >= 0.6 is 0 Å². The smallest absolute Gasteiger partial charge is 0.294 e. The average Bonchev–Trinajstić information content (AvgIpc) is 2.94. The van der Waals surface area contributed by atoms with E-state index in [-0.39, 0.29) is 0 Å². The monoisotopic (exact) mass is 231 g/mol. The van der Waals surface area contributed by atoms with Gasteiger partial charge in [0.2, 0.25) is 0 Å². The first kappa shape index (κ1) is 10.4. The number of aromatic amines is 1. The number of ether oxygens (including phenoxy) is 1. The summed E-state index contributed by atoms with van der Waals surface area (Å²) in [6.45, 7) is 0.773. The van der Waals surface area contributed by atoms with Crippen LogP contribution in [0.3, 0.4) is 0 Å². The predicted molar refractivity (Wildman–Crippen MR) is 68.0 cm³/mol. The predicted octanol–water partition coefficient (Wildman–Crippen LogP) is 2.71. The third-order valence-electron chi connectivity index (χ3n) is 3.41. The topological polar surface area (TPSA) is 63.9 Å². The number of anilines is 1. The summed E-state index contributed by atoms with van der Waals surface area (Å²) in [5, 5.41) is 0. The van der Waals surface area contributed by atoms with Crippen LogP contribution in [0.5, 0.6) is 6.01 Å². The maximum Gasteiger partial charge on any atom is 0.294 e. The molecule has 3 rings (SSSR count). The van der Waals surface area contributed by atoms with E-state index in [2.05, 4.69) is 9.97 Å². The van der Waals surface area contributed by atoms with Gasteiger partial charge in [-0.25, -0.2) is 0 Å². The quantitative estimate of drug-likeness (QED) is 0.798. The molecular weight excluding hydrogens is 214 g/mol. The molecule has 0 aliphatic heterocycles. The number of imidazole rings is 1. The number of nitrogens with two attached hydrogens (primary N) is 1. The second-order valence-electron chi connectivity index (χ2n) is 4.78. The third-order valence-corrected chi connectivity index (χ3v) is 3.41. The van der Waals surface area contributed by atoms with Crippen LogP contribution in [0.25, 0.3) is 11.0 Å². The summed E-state index contributed by atoms with van der Waals surface area (Å²) in [5.74, 6) is 0.702. The lowest BCUT2D eigenvalue weighted by molar-refractivity contribution is 0.237. The second kappa shape index (κ2) is 4.28. The van der Waals surface area contributed by atoms with Crippen molar-refractivity contribution < 1.29 is 4.74 Å². The largest absolute Gasteiger partial charge is 0.465 e. The van der Waals surface area contributed by atoms with Crippen LogP contribution in [0.1, 0.15) is 25.7 Å². The summed E-state index contributed by atoms with van der Waals surface area (Å²) in [4.78, 5) is 7.53. The minimum Gasteiger partial charge on any atom is -0.465 e. The maximum atomic E-state index is 5.72. The Morgan fingerprint density at radius 3 is 3.00 bits per heavy atom. The molecule has 0 radical (unpaired) electrons. The number of nitrogens with zero attached hydrogens (tertiary/aromatic N) is 1. The van der Waals surface area contributed by atoms with Crippen molar-refractivity contribution in [3.63, 3.8) is 0 Å². The lowest BCUT2D eigenvalue weighted by atomic mass is 10.1. The highest BCUT2D eigenvalue weighted by Crippen LogP contribution is 2.25. The normalized spacial score (nSPS) is 16.7. The fourth-order valence-corrected chi connectivity index (χ4v) is 2.45. The number of H-pyrrole nitrogens is 1. The van der Waals surface area contributed by atoms with Gasteiger partial charge in [-0.15, -0.1) is 0 Å². The molecule has 0 atom stereocenters. The number of nitrogens with one attached hydrogen (secondary N) is 1. The minimum atomic E-state index is 0.609. The van der Waals surface area contributed by atoms with Gasteiger partial charge in [-0.05, 0) is 37.0 Å². The van der Waals surface area contributed by atoms with Crippen molar-refractivity contribution in [2.75, 3.05) is 12.3 Å². The summed E-state index contributed by atoms with van der Waals surface area (Å²) >= 11 is 0. The van der Waals surface area contributed by atoms with Gasteiger partial charge < -0.3 is 15.5 Å². The van der Waals surface area contributed by atoms with E-state index in [1.165, 1.54) is 25.7 Å². The molecule has 1 aromatic carbocycles. The van der Waals surface area contributed by atoms with Crippen molar-refractivity contribution in [1.82, 2.24) is 9.97 Å². The molecule has 0 spiro atoms. The number of rotatable bonds is 3. The Morgan fingerprint density at radius 2 is 2.18 bits per heavy atom. The lowest BCUT2D eigenvalue weighted by Gasteiger charge is -2.08. The molecule has 0 amide bonds. The van der Waals surface area contributed by atoms with Gasteiger partial charge in [0.05, 0.1) is 17.6 Å². The van der Waals surface area contributed by atoms with Gasteiger partial charge >= 0.3 is 0 Å². The first-order valence-electron chi connectivity index (χ1n) is 6.19. The molecule has 90 valence electrons. The zero-order valence-electron chi connectivity index (χ0n) is 9.78. The number of hydrogen-bond donors (Lipinski definition) is 2. The van der Waals surface area contributed by atoms with Crippen LogP contribution in [-0.2, 0) is 0 Å². The third kappa shape index (κ3) is 2.20. The Balaban J connectivity index is 1.72. The fraction of sp³-hybridized carbons (Fsp3) is 0.462. The molecule has 0 saturated heterocycles. The SMILES string of the molecule is Nc1ccc2nc(OCC3CCCC3)[nH]c2c1. The summed E-state index contributed by atoms with van der Waals surface area (Å²) in [6.07, 6.45) is 5.25. The molecule has 4 nitrogen and oxygen atoms in total.